The number of aliphatic carboxylic acids is 1. The zero-order chi connectivity index (χ0) is 12.3. The second-order valence-electron chi connectivity index (χ2n) is 6.17. The summed E-state index contributed by atoms with van der Waals surface area (Å²) in [5.74, 6) is 1.18. The third-order valence-electron chi connectivity index (χ3n) is 5.43. The maximum Gasteiger partial charge on any atom is 0.309 e. The smallest absolute Gasteiger partial charge is 0.309 e. The largest absolute Gasteiger partial charge is 0.481 e. The van der Waals surface area contributed by atoms with Crippen LogP contribution in [0.15, 0.2) is 0 Å². The average molecular weight is 238 g/mol. The molecule has 0 atom stereocenters. The third-order valence-corrected chi connectivity index (χ3v) is 5.43. The standard InChI is InChI=1S/C15H26O2/c1-2-15(14(16)17)10-8-13(9-11-15)12-6-4-3-5-7-12/h12-13H,2-11H2,1H3,(H,16,17). The lowest BCUT2D eigenvalue weighted by atomic mass is 9.64. The Kier molecular flexibility index (Phi) is 4.11. The average Bonchev–Trinajstić information content (AvgIpc) is 2.39. The molecule has 0 aliphatic heterocycles. The molecule has 2 rings (SSSR count). The minimum Gasteiger partial charge on any atom is -0.481 e. The SMILES string of the molecule is CCC1(C(=O)O)CCC(C2CCCCC2)CC1. The molecule has 0 spiro atoms. The Morgan fingerprint density at radius 2 is 1.59 bits per heavy atom. The third kappa shape index (κ3) is 2.66. The van der Waals surface area contributed by atoms with Crippen molar-refractivity contribution in [3.8, 4) is 0 Å². The first-order valence-electron chi connectivity index (χ1n) is 7.41. The van der Waals surface area contributed by atoms with Crippen LogP contribution in [0.5, 0.6) is 0 Å². The van der Waals surface area contributed by atoms with E-state index in [-0.39, 0.29) is 5.41 Å². The van der Waals surface area contributed by atoms with E-state index in [0.717, 1.165) is 43.9 Å². The molecule has 0 amide bonds. The molecule has 0 bridgehead atoms. The summed E-state index contributed by atoms with van der Waals surface area (Å²) in [5.41, 5.74) is -0.384. The normalized spacial score (nSPS) is 35.7. The summed E-state index contributed by atoms with van der Waals surface area (Å²) in [6.07, 6.45) is 12.0. The van der Waals surface area contributed by atoms with Crippen molar-refractivity contribution in [2.24, 2.45) is 17.3 Å². The summed E-state index contributed by atoms with van der Waals surface area (Å²) in [5, 5.41) is 9.39. The first kappa shape index (κ1) is 12.9. The van der Waals surface area contributed by atoms with E-state index >= 15 is 0 Å². The first-order valence-corrected chi connectivity index (χ1v) is 7.41. The van der Waals surface area contributed by atoms with Crippen LogP contribution < -0.4 is 0 Å². The van der Waals surface area contributed by atoms with Crippen molar-refractivity contribution < 1.29 is 9.90 Å². The Labute approximate surface area is 105 Å². The van der Waals surface area contributed by atoms with Gasteiger partial charge in [-0.2, -0.15) is 0 Å². The van der Waals surface area contributed by atoms with E-state index in [1.54, 1.807) is 0 Å². The molecule has 0 aromatic carbocycles. The number of carboxylic acids is 1. The predicted octanol–water partition coefficient (Wildman–Crippen LogP) is 4.24. The van der Waals surface area contributed by atoms with Crippen LogP contribution in [0.1, 0.15) is 71.1 Å². The molecule has 0 aromatic rings. The lowest BCUT2D eigenvalue weighted by Gasteiger charge is -2.40. The van der Waals surface area contributed by atoms with Gasteiger partial charge in [0.2, 0.25) is 0 Å². The van der Waals surface area contributed by atoms with Gasteiger partial charge >= 0.3 is 5.97 Å². The second kappa shape index (κ2) is 5.41. The summed E-state index contributed by atoms with van der Waals surface area (Å²) in [6.45, 7) is 2.04. The lowest BCUT2D eigenvalue weighted by Crippen LogP contribution is -2.36. The van der Waals surface area contributed by atoms with Gasteiger partial charge in [0.05, 0.1) is 5.41 Å². The van der Waals surface area contributed by atoms with E-state index in [4.69, 9.17) is 0 Å². The highest BCUT2D eigenvalue weighted by Crippen LogP contribution is 2.46. The van der Waals surface area contributed by atoms with Crippen molar-refractivity contribution in [2.75, 3.05) is 0 Å². The van der Waals surface area contributed by atoms with Gasteiger partial charge in [-0.25, -0.2) is 0 Å². The van der Waals surface area contributed by atoms with Crippen LogP contribution in [0.25, 0.3) is 0 Å². The van der Waals surface area contributed by atoms with Gasteiger partial charge in [-0.1, -0.05) is 39.0 Å². The minimum absolute atomic E-state index is 0.384. The van der Waals surface area contributed by atoms with Crippen molar-refractivity contribution in [3.63, 3.8) is 0 Å². The molecule has 2 aliphatic rings. The molecule has 2 nitrogen and oxygen atoms in total. The highest BCUT2D eigenvalue weighted by molar-refractivity contribution is 5.74. The van der Waals surface area contributed by atoms with Crippen LogP contribution in [0.3, 0.4) is 0 Å². The highest BCUT2D eigenvalue weighted by Gasteiger charge is 2.41. The summed E-state index contributed by atoms with van der Waals surface area (Å²) < 4.78 is 0. The summed E-state index contributed by atoms with van der Waals surface area (Å²) in [4.78, 5) is 11.4. The van der Waals surface area contributed by atoms with Gasteiger partial charge in [0.1, 0.15) is 0 Å². The molecule has 2 fully saturated rings. The van der Waals surface area contributed by atoms with Crippen molar-refractivity contribution in [1.82, 2.24) is 0 Å². The Balaban J connectivity index is 1.90. The van der Waals surface area contributed by atoms with Crippen LogP contribution in [0.4, 0.5) is 0 Å². The summed E-state index contributed by atoms with van der Waals surface area (Å²) in [7, 11) is 0. The number of hydrogen-bond acceptors (Lipinski definition) is 1. The fraction of sp³-hybridized carbons (Fsp3) is 0.933. The number of hydrogen-bond donors (Lipinski definition) is 1. The molecule has 0 radical (unpaired) electrons. The van der Waals surface area contributed by atoms with Crippen LogP contribution in [-0.4, -0.2) is 11.1 Å². The molecule has 0 saturated heterocycles. The van der Waals surface area contributed by atoms with Crippen molar-refractivity contribution in [1.29, 1.82) is 0 Å². The fourth-order valence-corrected chi connectivity index (χ4v) is 3.99. The van der Waals surface area contributed by atoms with E-state index in [0.29, 0.717) is 0 Å². The molecule has 2 heteroatoms. The van der Waals surface area contributed by atoms with Crippen molar-refractivity contribution in [2.45, 2.75) is 71.1 Å². The Morgan fingerprint density at radius 1 is 1.06 bits per heavy atom. The van der Waals surface area contributed by atoms with E-state index < -0.39 is 5.97 Å². The monoisotopic (exact) mass is 238 g/mol. The predicted molar refractivity (Wildman–Crippen MR) is 68.9 cm³/mol. The van der Waals surface area contributed by atoms with E-state index in [2.05, 4.69) is 0 Å². The van der Waals surface area contributed by atoms with E-state index in [9.17, 15) is 9.90 Å². The quantitative estimate of drug-likeness (QED) is 0.798. The zero-order valence-electron chi connectivity index (χ0n) is 11.1. The van der Waals surface area contributed by atoms with Gasteiger partial charge < -0.3 is 5.11 Å². The van der Waals surface area contributed by atoms with Gasteiger partial charge in [-0.05, 0) is 43.9 Å². The molecular weight excluding hydrogens is 212 g/mol. The number of carboxylic acid groups (broad SMARTS) is 1. The molecule has 2 saturated carbocycles. The van der Waals surface area contributed by atoms with Gasteiger partial charge in [0.25, 0.3) is 0 Å². The molecule has 0 aromatic heterocycles. The van der Waals surface area contributed by atoms with Crippen LogP contribution in [0, 0.1) is 17.3 Å². The number of carbonyl (C=O) groups is 1. The molecule has 98 valence electrons. The zero-order valence-corrected chi connectivity index (χ0v) is 11.1. The van der Waals surface area contributed by atoms with E-state index in [1.807, 2.05) is 6.92 Å². The first-order chi connectivity index (χ1) is 8.18. The summed E-state index contributed by atoms with van der Waals surface area (Å²) in [6, 6.07) is 0. The van der Waals surface area contributed by atoms with Crippen molar-refractivity contribution >= 4 is 5.97 Å². The Hall–Kier alpha value is -0.530. The highest BCUT2D eigenvalue weighted by atomic mass is 16.4. The second-order valence-corrected chi connectivity index (χ2v) is 6.17. The minimum atomic E-state index is -0.554. The summed E-state index contributed by atoms with van der Waals surface area (Å²) >= 11 is 0. The Morgan fingerprint density at radius 3 is 2.06 bits per heavy atom. The maximum absolute atomic E-state index is 11.4. The molecule has 0 unspecified atom stereocenters. The van der Waals surface area contributed by atoms with Crippen LogP contribution >= 0.6 is 0 Å². The van der Waals surface area contributed by atoms with Gasteiger partial charge in [0, 0.05) is 0 Å². The molecular formula is C15H26O2. The van der Waals surface area contributed by atoms with Crippen molar-refractivity contribution in [3.05, 3.63) is 0 Å². The molecule has 2 aliphatic carbocycles. The van der Waals surface area contributed by atoms with Gasteiger partial charge in [0.15, 0.2) is 0 Å². The maximum atomic E-state index is 11.4. The van der Waals surface area contributed by atoms with Gasteiger partial charge in [-0.15, -0.1) is 0 Å². The molecule has 17 heavy (non-hydrogen) atoms. The lowest BCUT2D eigenvalue weighted by molar-refractivity contribution is -0.152. The van der Waals surface area contributed by atoms with E-state index in [1.165, 1.54) is 32.1 Å². The Bertz CT molecular complexity index is 258. The van der Waals surface area contributed by atoms with Gasteiger partial charge in [-0.3, -0.25) is 4.79 Å². The molecule has 0 heterocycles. The van der Waals surface area contributed by atoms with Crippen LogP contribution in [-0.2, 0) is 4.79 Å². The molecule has 1 N–H and O–H groups in total. The number of rotatable bonds is 3. The fourth-order valence-electron chi connectivity index (χ4n) is 3.99. The van der Waals surface area contributed by atoms with Crippen LogP contribution in [0.2, 0.25) is 0 Å². The topological polar surface area (TPSA) is 37.3 Å².